The molecule has 0 radical (unpaired) electrons. The zero-order valence-electron chi connectivity index (χ0n) is 10.7. The molecule has 0 aliphatic heterocycles. The van der Waals surface area contributed by atoms with E-state index in [0.29, 0.717) is 17.2 Å². The first-order chi connectivity index (χ1) is 9.58. The van der Waals surface area contributed by atoms with E-state index in [9.17, 15) is 4.39 Å². The van der Waals surface area contributed by atoms with E-state index in [1.807, 2.05) is 6.07 Å². The molecule has 3 aromatic rings. The zero-order chi connectivity index (χ0) is 14.3. The molecule has 2 N–H and O–H groups in total. The lowest BCUT2D eigenvalue weighted by atomic mass is 10.2. The van der Waals surface area contributed by atoms with Gasteiger partial charge in [0.25, 0.3) is 0 Å². The second-order valence-electron chi connectivity index (χ2n) is 4.34. The zero-order valence-corrected chi connectivity index (χ0v) is 13.1. The van der Waals surface area contributed by atoms with Crippen LogP contribution in [0.5, 0.6) is 0 Å². The second-order valence-corrected chi connectivity index (χ2v) is 6.37. The van der Waals surface area contributed by atoms with Crippen LogP contribution >= 0.6 is 27.3 Å². The Kier molecular flexibility index (Phi) is 3.43. The number of aromatic nitrogens is 2. The Morgan fingerprint density at radius 2 is 2.10 bits per heavy atom. The van der Waals surface area contributed by atoms with Crippen molar-refractivity contribution in [3.63, 3.8) is 0 Å². The van der Waals surface area contributed by atoms with Gasteiger partial charge in [-0.15, -0.1) is 11.3 Å². The number of hydrogen-bond acceptors (Lipinski definition) is 4. The SMILES string of the molecule is CCc1cc2c(N)nc(-c3cc(Br)ccc3F)nc2s1. The molecular formula is C14H11BrFN3S. The number of hydrogen-bond donors (Lipinski definition) is 1. The molecule has 6 heteroatoms. The molecule has 0 bridgehead atoms. The third-order valence-electron chi connectivity index (χ3n) is 2.99. The summed E-state index contributed by atoms with van der Waals surface area (Å²) in [5.74, 6) is 0.345. The van der Waals surface area contributed by atoms with E-state index >= 15 is 0 Å². The van der Waals surface area contributed by atoms with E-state index in [1.165, 1.54) is 10.9 Å². The number of thiophene rings is 1. The molecule has 1 aromatic carbocycles. The van der Waals surface area contributed by atoms with Gasteiger partial charge in [0.1, 0.15) is 16.5 Å². The highest BCUT2D eigenvalue weighted by atomic mass is 79.9. The summed E-state index contributed by atoms with van der Waals surface area (Å²) in [7, 11) is 0. The lowest BCUT2D eigenvalue weighted by Crippen LogP contribution is -1.97. The topological polar surface area (TPSA) is 51.8 Å². The number of benzene rings is 1. The van der Waals surface area contributed by atoms with Gasteiger partial charge in [0.2, 0.25) is 0 Å². The van der Waals surface area contributed by atoms with Gasteiger partial charge >= 0.3 is 0 Å². The number of nitrogens with zero attached hydrogens (tertiary/aromatic N) is 2. The number of anilines is 1. The molecule has 0 amide bonds. The summed E-state index contributed by atoms with van der Waals surface area (Å²) in [5.41, 5.74) is 6.32. The van der Waals surface area contributed by atoms with Gasteiger partial charge in [0.05, 0.1) is 10.9 Å². The van der Waals surface area contributed by atoms with Crippen LogP contribution in [0.2, 0.25) is 0 Å². The first-order valence-electron chi connectivity index (χ1n) is 6.10. The first-order valence-corrected chi connectivity index (χ1v) is 7.70. The fourth-order valence-corrected chi connectivity index (χ4v) is 3.29. The molecule has 0 aliphatic carbocycles. The molecule has 0 saturated heterocycles. The van der Waals surface area contributed by atoms with Crippen molar-refractivity contribution in [3.8, 4) is 11.4 Å². The quantitative estimate of drug-likeness (QED) is 0.744. The minimum atomic E-state index is -0.362. The van der Waals surface area contributed by atoms with Crippen LogP contribution in [-0.2, 0) is 6.42 Å². The van der Waals surface area contributed by atoms with Crippen molar-refractivity contribution in [2.75, 3.05) is 5.73 Å². The molecule has 3 rings (SSSR count). The normalized spacial score (nSPS) is 11.2. The number of nitrogens with two attached hydrogens (primary N) is 1. The summed E-state index contributed by atoms with van der Waals surface area (Å²) in [6.07, 6.45) is 0.918. The lowest BCUT2D eigenvalue weighted by molar-refractivity contribution is 0.630. The minimum Gasteiger partial charge on any atom is -0.383 e. The maximum Gasteiger partial charge on any atom is 0.166 e. The molecule has 3 nitrogen and oxygen atoms in total. The summed E-state index contributed by atoms with van der Waals surface area (Å²) < 4.78 is 14.7. The van der Waals surface area contributed by atoms with E-state index in [0.717, 1.165) is 21.1 Å². The van der Waals surface area contributed by atoms with E-state index in [2.05, 4.69) is 32.8 Å². The van der Waals surface area contributed by atoms with Gasteiger partial charge in [-0.3, -0.25) is 0 Å². The van der Waals surface area contributed by atoms with Crippen molar-refractivity contribution in [2.24, 2.45) is 0 Å². The fourth-order valence-electron chi connectivity index (χ4n) is 1.96. The average Bonchev–Trinajstić information content (AvgIpc) is 2.85. The van der Waals surface area contributed by atoms with Crippen LogP contribution < -0.4 is 5.73 Å². The number of halogens is 2. The minimum absolute atomic E-state index is 0.318. The number of rotatable bonds is 2. The summed E-state index contributed by atoms with van der Waals surface area (Å²) in [6, 6.07) is 6.68. The summed E-state index contributed by atoms with van der Waals surface area (Å²) >= 11 is 4.89. The Bertz CT molecular complexity index is 800. The maximum atomic E-state index is 13.9. The van der Waals surface area contributed by atoms with Crippen molar-refractivity contribution in [1.82, 2.24) is 9.97 Å². The third kappa shape index (κ3) is 2.29. The van der Waals surface area contributed by atoms with Crippen LogP contribution in [0.1, 0.15) is 11.8 Å². The van der Waals surface area contributed by atoms with Crippen LogP contribution in [0.15, 0.2) is 28.7 Å². The lowest BCUT2D eigenvalue weighted by Gasteiger charge is -2.04. The highest BCUT2D eigenvalue weighted by Crippen LogP contribution is 2.31. The van der Waals surface area contributed by atoms with Gasteiger partial charge < -0.3 is 5.73 Å². The third-order valence-corrected chi connectivity index (χ3v) is 4.66. The highest BCUT2D eigenvalue weighted by molar-refractivity contribution is 9.10. The molecule has 2 heterocycles. The van der Waals surface area contributed by atoms with Crippen LogP contribution in [0.3, 0.4) is 0 Å². The molecular weight excluding hydrogens is 341 g/mol. The molecule has 0 aliphatic rings. The highest BCUT2D eigenvalue weighted by Gasteiger charge is 2.13. The van der Waals surface area contributed by atoms with Crippen molar-refractivity contribution < 1.29 is 4.39 Å². The number of nitrogen functional groups attached to an aromatic ring is 1. The Labute approximate surface area is 127 Å². The van der Waals surface area contributed by atoms with Crippen molar-refractivity contribution in [3.05, 3.63) is 39.4 Å². The molecule has 0 fully saturated rings. The van der Waals surface area contributed by atoms with Gasteiger partial charge in [-0.2, -0.15) is 0 Å². The maximum absolute atomic E-state index is 13.9. The van der Waals surface area contributed by atoms with Crippen LogP contribution in [0.25, 0.3) is 21.6 Å². The van der Waals surface area contributed by atoms with Gasteiger partial charge in [0.15, 0.2) is 5.82 Å². The summed E-state index contributed by atoms with van der Waals surface area (Å²) in [5, 5.41) is 0.839. The number of fused-ring (bicyclic) bond motifs is 1. The van der Waals surface area contributed by atoms with Gasteiger partial charge in [-0.1, -0.05) is 22.9 Å². The molecule has 0 unspecified atom stereocenters. The van der Waals surface area contributed by atoms with Gasteiger partial charge in [-0.25, -0.2) is 14.4 Å². The number of aryl methyl sites for hydroxylation is 1. The Morgan fingerprint density at radius 3 is 2.85 bits per heavy atom. The first kappa shape index (κ1) is 13.5. The van der Waals surface area contributed by atoms with E-state index in [4.69, 9.17) is 5.73 Å². The van der Waals surface area contributed by atoms with Crippen LogP contribution in [0, 0.1) is 5.82 Å². The summed E-state index contributed by atoms with van der Waals surface area (Å²) in [4.78, 5) is 10.7. The standard InChI is InChI=1S/C14H11BrFN3S/c1-2-8-6-10-12(17)18-13(19-14(10)20-8)9-5-7(15)3-4-11(9)16/h3-6H,2H2,1H3,(H2,17,18,19). The molecule has 0 saturated carbocycles. The van der Waals surface area contributed by atoms with E-state index < -0.39 is 0 Å². The molecule has 0 spiro atoms. The monoisotopic (exact) mass is 351 g/mol. The van der Waals surface area contributed by atoms with E-state index in [1.54, 1.807) is 23.5 Å². The van der Waals surface area contributed by atoms with E-state index in [-0.39, 0.29) is 5.82 Å². The Balaban J connectivity index is 2.24. The predicted molar refractivity (Wildman–Crippen MR) is 84.3 cm³/mol. The van der Waals surface area contributed by atoms with Crippen molar-refractivity contribution in [2.45, 2.75) is 13.3 Å². The molecule has 0 atom stereocenters. The van der Waals surface area contributed by atoms with Gasteiger partial charge in [0, 0.05) is 9.35 Å². The Hall–Kier alpha value is -1.53. The van der Waals surface area contributed by atoms with Crippen LogP contribution in [-0.4, -0.2) is 9.97 Å². The van der Waals surface area contributed by atoms with Crippen molar-refractivity contribution in [1.29, 1.82) is 0 Å². The predicted octanol–water partition coefficient (Wildman–Crippen LogP) is 4.40. The average molecular weight is 352 g/mol. The Morgan fingerprint density at radius 1 is 1.30 bits per heavy atom. The second kappa shape index (κ2) is 5.10. The fraction of sp³-hybridized carbons (Fsp3) is 0.143. The molecule has 2 aromatic heterocycles. The largest absolute Gasteiger partial charge is 0.383 e. The van der Waals surface area contributed by atoms with Crippen molar-refractivity contribution >= 4 is 43.3 Å². The van der Waals surface area contributed by atoms with Crippen LogP contribution in [0.4, 0.5) is 10.2 Å². The summed E-state index contributed by atoms with van der Waals surface area (Å²) in [6.45, 7) is 2.07. The molecule has 102 valence electrons. The smallest absolute Gasteiger partial charge is 0.166 e. The molecule has 20 heavy (non-hydrogen) atoms. The van der Waals surface area contributed by atoms with Gasteiger partial charge in [-0.05, 0) is 30.7 Å².